The highest BCUT2D eigenvalue weighted by molar-refractivity contribution is 7.22. The lowest BCUT2D eigenvalue weighted by molar-refractivity contribution is 0.103. The van der Waals surface area contributed by atoms with Gasteiger partial charge in [0.15, 0.2) is 0 Å². The van der Waals surface area contributed by atoms with E-state index < -0.39 is 0 Å². The van der Waals surface area contributed by atoms with E-state index in [0.717, 1.165) is 34.5 Å². The van der Waals surface area contributed by atoms with Gasteiger partial charge in [-0.2, -0.15) is 0 Å². The third kappa shape index (κ3) is 3.22. The van der Waals surface area contributed by atoms with E-state index in [2.05, 4.69) is 15.5 Å². The van der Waals surface area contributed by atoms with Crippen LogP contribution in [0.4, 0.5) is 5.13 Å². The summed E-state index contributed by atoms with van der Waals surface area (Å²) in [5, 5.41) is 13.4. The monoisotopic (exact) mass is 395 g/mol. The summed E-state index contributed by atoms with van der Waals surface area (Å²) in [6, 6.07) is 5.56. The van der Waals surface area contributed by atoms with Crippen molar-refractivity contribution in [2.45, 2.75) is 18.9 Å². The van der Waals surface area contributed by atoms with E-state index in [-0.39, 0.29) is 12.0 Å². The number of thiophene rings is 1. The van der Waals surface area contributed by atoms with Crippen molar-refractivity contribution in [3.8, 4) is 5.75 Å². The summed E-state index contributed by atoms with van der Waals surface area (Å²) in [5.41, 5.74) is 0. The van der Waals surface area contributed by atoms with Crippen LogP contribution in [-0.4, -0.2) is 29.8 Å². The van der Waals surface area contributed by atoms with Crippen LogP contribution >= 0.6 is 34.3 Å². The average Bonchev–Trinajstić information content (AvgIpc) is 3.35. The second-order valence-corrected chi connectivity index (χ2v) is 7.95. The molecule has 9 heteroatoms. The number of carbonyl (C=O) groups excluding carboxylic acids is 1. The minimum Gasteiger partial charge on any atom is -0.497 e. The molecule has 1 aliphatic rings. The van der Waals surface area contributed by atoms with Gasteiger partial charge in [0.25, 0.3) is 5.91 Å². The number of nitrogens with one attached hydrogen (secondary N) is 1. The van der Waals surface area contributed by atoms with Crippen LogP contribution in [0.5, 0.6) is 5.75 Å². The zero-order valence-corrected chi connectivity index (χ0v) is 15.6. The molecular formula is C16H14ClN3O3S2. The number of halogens is 1. The number of ether oxygens (including phenoxy) is 2. The zero-order chi connectivity index (χ0) is 17.4. The number of aromatic nitrogens is 2. The Bertz CT molecular complexity index is 934. The molecule has 1 amide bonds. The van der Waals surface area contributed by atoms with E-state index in [0.29, 0.717) is 20.8 Å². The normalized spacial score (nSPS) is 17.1. The molecular weight excluding hydrogens is 382 g/mol. The fourth-order valence-corrected chi connectivity index (χ4v) is 4.87. The van der Waals surface area contributed by atoms with Crippen molar-refractivity contribution in [3.63, 3.8) is 0 Å². The summed E-state index contributed by atoms with van der Waals surface area (Å²) < 4.78 is 11.7. The summed E-state index contributed by atoms with van der Waals surface area (Å²) >= 11 is 9.07. The lowest BCUT2D eigenvalue weighted by atomic mass is 10.2. The number of hydrogen-bond donors (Lipinski definition) is 1. The fourth-order valence-electron chi connectivity index (χ4n) is 2.66. The van der Waals surface area contributed by atoms with Crippen LogP contribution in [0.2, 0.25) is 5.02 Å². The molecule has 4 rings (SSSR count). The molecule has 6 nitrogen and oxygen atoms in total. The third-order valence-corrected chi connectivity index (χ3v) is 6.51. The molecule has 0 saturated carbocycles. The molecule has 1 unspecified atom stereocenters. The molecule has 1 saturated heterocycles. The zero-order valence-electron chi connectivity index (χ0n) is 13.2. The van der Waals surface area contributed by atoms with Crippen molar-refractivity contribution in [1.29, 1.82) is 0 Å². The number of nitrogens with zero attached hydrogens (tertiary/aromatic N) is 2. The molecule has 1 aromatic carbocycles. The van der Waals surface area contributed by atoms with Crippen molar-refractivity contribution < 1.29 is 14.3 Å². The summed E-state index contributed by atoms with van der Waals surface area (Å²) in [4.78, 5) is 13.0. The highest BCUT2D eigenvalue weighted by Gasteiger charge is 2.23. The first kappa shape index (κ1) is 16.7. The Morgan fingerprint density at radius 1 is 1.40 bits per heavy atom. The maximum absolute atomic E-state index is 12.6. The largest absolute Gasteiger partial charge is 0.497 e. The summed E-state index contributed by atoms with van der Waals surface area (Å²) in [6.45, 7) is 0.743. The minimum absolute atomic E-state index is 0.0106. The van der Waals surface area contributed by atoms with Crippen LogP contribution in [0.3, 0.4) is 0 Å². The predicted octanol–water partition coefficient (Wildman–Crippen LogP) is 4.52. The standard InChI is InChI=1S/C16H14ClN3O3S2/c1-22-8-4-5-11-9(7-8)12(17)13(24-11)14(21)18-16-20-19-15(25-16)10-3-2-6-23-10/h4-5,7,10H,2-3,6H2,1H3,(H,18,20,21). The van der Waals surface area contributed by atoms with E-state index in [1.807, 2.05) is 18.2 Å². The van der Waals surface area contributed by atoms with Gasteiger partial charge in [-0.3, -0.25) is 10.1 Å². The van der Waals surface area contributed by atoms with Crippen molar-refractivity contribution >= 4 is 55.4 Å². The lowest BCUT2D eigenvalue weighted by Crippen LogP contribution is -2.10. The minimum atomic E-state index is -0.291. The van der Waals surface area contributed by atoms with Crippen LogP contribution in [0, 0.1) is 0 Å². The Labute approximate surface area is 156 Å². The van der Waals surface area contributed by atoms with Gasteiger partial charge >= 0.3 is 0 Å². The van der Waals surface area contributed by atoms with Gasteiger partial charge in [0.2, 0.25) is 5.13 Å². The molecule has 0 spiro atoms. The van der Waals surface area contributed by atoms with Crippen LogP contribution in [0.15, 0.2) is 18.2 Å². The van der Waals surface area contributed by atoms with Gasteiger partial charge in [0.1, 0.15) is 21.7 Å². The molecule has 25 heavy (non-hydrogen) atoms. The van der Waals surface area contributed by atoms with E-state index in [4.69, 9.17) is 21.1 Å². The molecule has 0 bridgehead atoms. The molecule has 2 aromatic heterocycles. The van der Waals surface area contributed by atoms with Gasteiger partial charge in [-0.15, -0.1) is 21.5 Å². The van der Waals surface area contributed by atoms with Crippen molar-refractivity contribution in [2.24, 2.45) is 0 Å². The lowest BCUT2D eigenvalue weighted by Gasteiger charge is -2.02. The Balaban J connectivity index is 1.56. The summed E-state index contributed by atoms with van der Waals surface area (Å²) in [5.74, 6) is 0.407. The molecule has 0 radical (unpaired) electrons. The number of anilines is 1. The molecule has 3 aromatic rings. The van der Waals surface area contributed by atoms with Gasteiger partial charge in [-0.05, 0) is 31.0 Å². The molecule has 1 atom stereocenters. The average molecular weight is 396 g/mol. The smallest absolute Gasteiger partial charge is 0.269 e. The van der Waals surface area contributed by atoms with Crippen LogP contribution in [0.1, 0.15) is 33.6 Å². The summed E-state index contributed by atoms with van der Waals surface area (Å²) in [6.07, 6.45) is 1.95. The molecule has 1 aliphatic heterocycles. The van der Waals surface area contributed by atoms with Crippen molar-refractivity contribution in [3.05, 3.63) is 33.1 Å². The first-order valence-corrected chi connectivity index (χ1v) is 9.69. The van der Waals surface area contributed by atoms with Crippen LogP contribution in [-0.2, 0) is 4.74 Å². The van der Waals surface area contributed by atoms with E-state index >= 15 is 0 Å². The molecule has 1 fully saturated rings. The summed E-state index contributed by atoms with van der Waals surface area (Å²) in [7, 11) is 1.59. The SMILES string of the molecule is COc1ccc2sc(C(=O)Nc3nnc(C4CCCO4)s3)c(Cl)c2c1. The number of fused-ring (bicyclic) bond motifs is 1. The fraction of sp³-hybridized carbons (Fsp3) is 0.312. The van der Waals surface area contributed by atoms with Gasteiger partial charge in [0, 0.05) is 16.7 Å². The highest BCUT2D eigenvalue weighted by atomic mass is 35.5. The third-order valence-electron chi connectivity index (χ3n) is 3.91. The number of benzene rings is 1. The van der Waals surface area contributed by atoms with Gasteiger partial charge in [-0.1, -0.05) is 22.9 Å². The van der Waals surface area contributed by atoms with Crippen molar-refractivity contribution in [2.75, 3.05) is 19.0 Å². The van der Waals surface area contributed by atoms with E-state index in [9.17, 15) is 4.79 Å². The van der Waals surface area contributed by atoms with Crippen LogP contribution in [0.25, 0.3) is 10.1 Å². The predicted molar refractivity (Wildman–Crippen MR) is 99.2 cm³/mol. The van der Waals surface area contributed by atoms with Crippen LogP contribution < -0.4 is 10.1 Å². The molecule has 3 heterocycles. The first-order valence-electron chi connectivity index (χ1n) is 7.68. The number of rotatable bonds is 4. The highest BCUT2D eigenvalue weighted by Crippen LogP contribution is 2.38. The van der Waals surface area contributed by atoms with Gasteiger partial charge < -0.3 is 9.47 Å². The number of methoxy groups -OCH3 is 1. The Morgan fingerprint density at radius 2 is 2.28 bits per heavy atom. The van der Waals surface area contributed by atoms with E-state index in [1.54, 1.807) is 7.11 Å². The second kappa shape index (κ2) is 6.87. The Kier molecular flexibility index (Phi) is 4.60. The maximum Gasteiger partial charge on any atom is 0.269 e. The van der Waals surface area contributed by atoms with Gasteiger partial charge in [-0.25, -0.2) is 0 Å². The topological polar surface area (TPSA) is 73.3 Å². The molecule has 0 aliphatic carbocycles. The number of carbonyl (C=O) groups is 1. The van der Waals surface area contributed by atoms with E-state index in [1.165, 1.54) is 22.7 Å². The maximum atomic E-state index is 12.6. The Morgan fingerprint density at radius 3 is 3.04 bits per heavy atom. The van der Waals surface area contributed by atoms with Crippen molar-refractivity contribution in [1.82, 2.24) is 10.2 Å². The molecule has 130 valence electrons. The second-order valence-electron chi connectivity index (χ2n) is 5.51. The quantitative estimate of drug-likeness (QED) is 0.703. The Hall–Kier alpha value is -1.74. The molecule has 1 N–H and O–H groups in total. The van der Waals surface area contributed by atoms with Gasteiger partial charge in [0.05, 0.1) is 12.1 Å². The number of hydrogen-bond acceptors (Lipinski definition) is 7. The number of amides is 1. The first-order chi connectivity index (χ1) is 12.2.